The summed E-state index contributed by atoms with van der Waals surface area (Å²) in [6.45, 7) is 2.08. The fourth-order valence-electron chi connectivity index (χ4n) is 3.82. The van der Waals surface area contributed by atoms with Crippen LogP contribution in [0, 0.1) is 5.92 Å². The fraction of sp³-hybridized carbons (Fsp3) is 0.550. The van der Waals surface area contributed by atoms with Crippen LogP contribution in [-0.4, -0.2) is 72.3 Å². The monoisotopic (exact) mass is 435 g/mol. The molecule has 0 aliphatic carbocycles. The first-order valence-electron chi connectivity index (χ1n) is 9.98. The number of anilines is 1. The van der Waals surface area contributed by atoms with Crippen LogP contribution in [0.4, 0.5) is 10.5 Å². The summed E-state index contributed by atoms with van der Waals surface area (Å²) in [5.41, 5.74) is 0.601. The van der Waals surface area contributed by atoms with Gasteiger partial charge in [0.05, 0.1) is 42.2 Å². The number of nitrogens with zero attached hydrogens (tertiary/aromatic N) is 2. The Morgan fingerprint density at radius 1 is 1.23 bits per heavy atom. The van der Waals surface area contributed by atoms with Crippen molar-refractivity contribution in [1.29, 1.82) is 0 Å². The Morgan fingerprint density at radius 2 is 1.97 bits per heavy atom. The minimum atomic E-state index is -0.491. The number of para-hydroxylation sites is 2. The molecule has 4 amide bonds. The smallest absolute Gasteiger partial charge is 0.327 e. The molecule has 0 aromatic heterocycles. The Kier molecular flexibility index (Phi) is 7.22. The molecule has 30 heavy (non-hydrogen) atoms. The maximum atomic E-state index is 12.9. The van der Waals surface area contributed by atoms with Crippen LogP contribution in [0.15, 0.2) is 24.3 Å². The molecule has 0 bridgehead atoms. The highest BCUT2D eigenvalue weighted by atomic mass is 32.2. The van der Waals surface area contributed by atoms with Crippen LogP contribution >= 0.6 is 11.8 Å². The lowest BCUT2D eigenvalue weighted by molar-refractivity contribution is -0.140. The van der Waals surface area contributed by atoms with Gasteiger partial charge < -0.3 is 15.0 Å². The van der Waals surface area contributed by atoms with Crippen molar-refractivity contribution in [2.75, 3.05) is 32.3 Å². The highest BCUT2D eigenvalue weighted by Crippen LogP contribution is 2.32. The Morgan fingerprint density at radius 3 is 2.67 bits per heavy atom. The van der Waals surface area contributed by atoms with Gasteiger partial charge in [-0.25, -0.2) is 4.79 Å². The van der Waals surface area contributed by atoms with Crippen molar-refractivity contribution < 1.29 is 19.1 Å². The predicted octanol–water partition coefficient (Wildman–Crippen LogP) is 1.48. The first kappa shape index (κ1) is 22.4. The lowest BCUT2D eigenvalue weighted by Gasteiger charge is -2.50. The number of thioether (sulfide) groups is 1. The van der Waals surface area contributed by atoms with Crippen molar-refractivity contribution in [1.82, 2.24) is 20.4 Å². The van der Waals surface area contributed by atoms with Gasteiger partial charge in [-0.15, -0.1) is 11.8 Å². The number of hydrogen-bond donors (Lipinski definition) is 3. The van der Waals surface area contributed by atoms with Crippen molar-refractivity contribution in [2.24, 2.45) is 5.92 Å². The number of rotatable bonds is 7. The van der Waals surface area contributed by atoms with E-state index in [0.717, 1.165) is 17.7 Å². The number of carbonyl (C=O) groups is 3. The van der Waals surface area contributed by atoms with Crippen molar-refractivity contribution in [3.8, 4) is 5.75 Å². The fourth-order valence-corrected chi connectivity index (χ4v) is 4.96. The van der Waals surface area contributed by atoms with E-state index in [1.807, 2.05) is 12.1 Å². The SMILES string of the molecule is CCCC1NC(SCC(=O)Nc2ccccc2OC)C2C(=O)N(C)C(=O)N(C)C2N1. The van der Waals surface area contributed by atoms with Crippen LogP contribution in [-0.2, 0) is 9.59 Å². The summed E-state index contributed by atoms with van der Waals surface area (Å²) in [5.74, 6) is -0.181. The Balaban J connectivity index is 1.71. The van der Waals surface area contributed by atoms with Crippen LogP contribution < -0.4 is 20.7 Å². The second-order valence-electron chi connectivity index (χ2n) is 7.42. The van der Waals surface area contributed by atoms with Crippen LogP contribution in [0.1, 0.15) is 19.8 Å². The second-order valence-corrected chi connectivity index (χ2v) is 8.55. The average Bonchev–Trinajstić information content (AvgIpc) is 2.75. The standard InChI is InChI=1S/C20H29N5O4S/c1-5-8-14-22-17-16(19(27)25(3)20(28)24(17)2)18(23-14)30-11-15(26)21-12-9-6-7-10-13(12)29-4/h6-7,9-10,14,16-18,22-23H,5,8,11H2,1-4H3,(H,21,26). The molecule has 1 aromatic carbocycles. The quantitative estimate of drug-likeness (QED) is 0.596. The third kappa shape index (κ3) is 4.55. The number of carbonyl (C=O) groups excluding carboxylic acids is 3. The second kappa shape index (κ2) is 9.67. The lowest BCUT2D eigenvalue weighted by Crippen LogP contribution is -2.74. The third-order valence-corrected chi connectivity index (χ3v) is 6.60. The van der Waals surface area contributed by atoms with E-state index in [2.05, 4.69) is 22.9 Å². The molecule has 2 saturated heterocycles. The number of benzene rings is 1. The van der Waals surface area contributed by atoms with Gasteiger partial charge in [0.15, 0.2) is 0 Å². The number of methoxy groups -OCH3 is 1. The summed E-state index contributed by atoms with van der Waals surface area (Å²) in [6, 6.07) is 6.88. The van der Waals surface area contributed by atoms with Gasteiger partial charge in [0.25, 0.3) is 0 Å². The number of imide groups is 1. The number of urea groups is 1. The molecular formula is C20H29N5O4S. The molecule has 2 aliphatic rings. The van der Waals surface area contributed by atoms with Gasteiger partial charge in [-0.1, -0.05) is 25.5 Å². The molecule has 164 valence electrons. The summed E-state index contributed by atoms with van der Waals surface area (Å²) >= 11 is 1.37. The van der Waals surface area contributed by atoms with Crippen molar-refractivity contribution in [3.63, 3.8) is 0 Å². The van der Waals surface area contributed by atoms with Gasteiger partial charge in [0.1, 0.15) is 5.75 Å². The van der Waals surface area contributed by atoms with Crippen molar-refractivity contribution >= 4 is 35.3 Å². The molecule has 4 atom stereocenters. The largest absolute Gasteiger partial charge is 0.495 e. The first-order valence-corrected chi connectivity index (χ1v) is 11.0. The number of amides is 4. The molecule has 0 spiro atoms. The Bertz CT molecular complexity index is 807. The molecule has 4 unspecified atom stereocenters. The summed E-state index contributed by atoms with van der Waals surface area (Å²) in [6.07, 6.45) is 1.34. The van der Waals surface area contributed by atoms with Gasteiger partial charge in [0.2, 0.25) is 11.8 Å². The first-order chi connectivity index (χ1) is 14.4. The lowest BCUT2D eigenvalue weighted by atomic mass is 9.96. The molecule has 3 rings (SSSR count). The van der Waals surface area contributed by atoms with Gasteiger partial charge in [0, 0.05) is 14.1 Å². The zero-order valence-electron chi connectivity index (χ0n) is 17.7. The number of fused-ring (bicyclic) bond motifs is 1. The number of nitrogens with one attached hydrogen (secondary N) is 3. The zero-order chi connectivity index (χ0) is 21.8. The minimum absolute atomic E-state index is 0.0440. The van der Waals surface area contributed by atoms with E-state index in [4.69, 9.17) is 4.74 Å². The summed E-state index contributed by atoms with van der Waals surface area (Å²) < 4.78 is 5.27. The molecule has 1 aromatic rings. The summed E-state index contributed by atoms with van der Waals surface area (Å²) in [4.78, 5) is 40.5. The van der Waals surface area contributed by atoms with E-state index >= 15 is 0 Å². The normalized spacial score (nSPS) is 26.4. The zero-order valence-corrected chi connectivity index (χ0v) is 18.5. The van der Waals surface area contributed by atoms with Crippen LogP contribution in [0.5, 0.6) is 5.75 Å². The maximum absolute atomic E-state index is 12.9. The molecule has 0 radical (unpaired) electrons. The van der Waals surface area contributed by atoms with E-state index in [9.17, 15) is 14.4 Å². The molecule has 2 aliphatic heterocycles. The Labute approximate surface area is 180 Å². The summed E-state index contributed by atoms with van der Waals surface area (Å²) in [7, 11) is 4.74. The number of ether oxygens (including phenoxy) is 1. The van der Waals surface area contributed by atoms with Gasteiger partial charge in [-0.2, -0.15) is 0 Å². The van der Waals surface area contributed by atoms with E-state index in [1.165, 1.54) is 18.8 Å². The average molecular weight is 436 g/mol. The molecule has 3 N–H and O–H groups in total. The minimum Gasteiger partial charge on any atom is -0.495 e. The Hall–Kier alpha value is -2.30. The predicted molar refractivity (Wildman–Crippen MR) is 116 cm³/mol. The van der Waals surface area contributed by atoms with Crippen LogP contribution in [0.25, 0.3) is 0 Å². The molecule has 9 nitrogen and oxygen atoms in total. The van der Waals surface area contributed by atoms with Crippen LogP contribution in [0.3, 0.4) is 0 Å². The maximum Gasteiger partial charge on any atom is 0.327 e. The van der Waals surface area contributed by atoms with E-state index in [1.54, 1.807) is 31.2 Å². The highest BCUT2D eigenvalue weighted by molar-refractivity contribution is 8.00. The molecule has 2 heterocycles. The van der Waals surface area contributed by atoms with Gasteiger partial charge >= 0.3 is 6.03 Å². The molecule has 2 fully saturated rings. The number of hydrogen-bond acceptors (Lipinski definition) is 7. The van der Waals surface area contributed by atoms with E-state index in [0.29, 0.717) is 11.4 Å². The highest BCUT2D eigenvalue weighted by Gasteiger charge is 2.50. The van der Waals surface area contributed by atoms with Gasteiger partial charge in [-0.05, 0) is 18.6 Å². The molecule has 10 heteroatoms. The van der Waals surface area contributed by atoms with Crippen molar-refractivity contribution in [3.05, 3.63) is 24.3 Å². The summed E-state index contributed by atoms with van der Waals surface area (Å²) in [5, 5.41) is 9.37. The van der Waals surface area contributed by atoms with Crippen LogP contribution in [0.2, 0.25) is 0 Å². The third-order valence-electron chi connectivity index (χ3n) is 5.38. The van der Waals surface area contributed by atoms with E-state index in [-0.39, 0.29) is 35.1 Å². The topological polar surface area (TPSA) is 103 Å². The van der Waals surface area contributed by atoms with E-state index < -0.39 is 12.1 Å². The van der Waals surface area contributed by atoms with Crippen molar-refractivity contribution in [2.45, 2.75) is 37.5 Å². The molecular weight excluding hydrogens is 406 g/mol. The van der Waals surface area contributed by atoms with Gasteiger partial charge in [-0.3, -0.25) is 25.1 Å². The molecule has 0 saturated carbocycles.